The topological polar surface area (TPSA) is 102 Å². The Kier molecular flexibility index (Phi) is 7.89. The summed E-state index contributed by atoms with van der Waals surface area (Å²) in [5, 5.41) is 11.4. The maximum Gasteiger partial charge on any atom is 0.341 e. The molecule has 0 aliphatic carbocycles. The van der Waals surface area contributed by atoms with Gasteiger partial charge in [0.25, 0.3) is 5.91 Å². The second-order valence-corrected chi connectivity index (χ2v) is 8.52. The SMILES string of the molecule is CCOc1cc(C(=O)NCCS(=O)C(C)(C)C)ccc1OCC(=O)O. The van der Waals surface area contributed by atoms with E-state index in [0.717, 1.165) is 0 Å². The number of amides is 1. The van der Waals surface area contributed by atoms with E-state index < -0.39 is 23.4 Å². The Bertz CT molecular complexity index is 639. The van der Waals surface area contributed by atoms with Crippen molar-refractivity contribution in [1.82, 2.24) is 5.32 Å². The van der Waals surface area contributed by atoms with Gasteiger partial charge in [-0.3, -0.25) is 9.00 Å². The Hall–Kier alpha value is -2.09. The van der Waals surface area contributed by atoms with E-state index in [-0.39, 0.29) is 16.4 Å². The molecule has 0 aliphatic rings. The van der Waals surface area contributed by atoms with E-state index >= 15 is 0 Å². The molecule has 0 saturated heterocycles. The molecule has 1 unspecified atom stereocenters. The number of nitrogens with one attached hydrogen (secondary N) is 1. The third-order valence-corrected chi connectivity index (χ3v) is 5.05. The zero-order valence-corrected chi connectivity index (χ0v) is 15.8. The maximum absolute atomic E-state index is 12.2. The molecule has 25 heavy (non-hydrogen) atoms. The largest absolute Gasteiger partial charge is 0.490 e. The minimum Gasteiger partial charge on any atom is -0.490 e. The molecule has 0 bridgehead atoms. The van der Waals surface area contributed by atoms with Crippen molar-refractivity contribution in [3.05, 3.63) is 23.8 Å². The van der Waals surface area contributed by atoms with Crippen LogP contribution in [0.15, 0.2) is 18.2 Å². The molecule has 1 atom stereocenters. The van der Waals surface area contributed by atoms with Crippen LogP contribution in [0.4, 0.5) is 0 Å². The first-order valence-corrected chi connectivity index (χ1v) is 9.25. The van der Waals surface area contributed by atoms with Crippen molar-refractivity contribution in [2.24, 2.45) is 0 Å². The smallest absolute Gasteiger partial charge is 0.341 e. The van der Waals surface area contributed by atoms with Crippen LogP contribution < -0.4 is 14.8 Å². The van der Waals surface area contributed by atoms with Crippen molar-refractivity contribution in [2.45, 2.75) is 32.4 Å². The molecule has 7 nitrogen and oxygen atoms in total. The van der Waals surface area contributed by atoms with E-state index in [2.05, 4.69) is 5.32 Å². The van der Waals surface area contributed by atoms with Crippen LogP contribution in [-0.2, 0) is 15.6 Å². The Morgan fingerprint density at radius 1 is 1.20 bits per heavy atom. The average Bonchev–Trinajstić information content (AvgIpc) is 2.52. The minimum absolute atomic E-state index is 0.259. The van der Waals surface area contributed by atoms with Gasteiger partial charge in [-0.2, -0.15) is 0 Å². The first kappa shape index (κ1) is 21.0. The monoisotopic (exact) mass is 371 g/mol. The normalized spacial score (nSPS) is 12.3. The molecular formula is C17H25NO6S. The van der Waals surface area contributed by atoms with Crippen LogP contribution in [0.5, 0.6) is 11.5 Å². The number of carbonyl (C=O) groups excluding carboxylic acids is 1. The summed E-state index contributed by atoms with van der Waals surface area (Å²) in [6, 6.07) is 4.52. The van der Waals surface area contributed by atoms with Gasteiger partial charge < -0.3 is 19.9 Å². The molecule has 1 aromatic rings. The quantitative estimate of drug-likeness (QED) is 0.687. The molecule has 0 saturated carbocycles. The summed E-state index contributed by atoms with van der Waals surface area (Å²) in [4.78, 5) is 22.8. The summed E-state index contributed by atoms with van der Waals surface area (Å²) < 4.78 is 22.2. The highest BCUT2D eigenvalue weighted by atomic mass is 32.2. The van der Waals surface area contributed by atoms with Crippen LogP contribution in [0.25, 0.3) is 0 Å². The third-order valence-electron chi connectivity index (χ3n) is 3.11. The van der Waals surface area contributed by atoms with E-state index in [0.29, 0.717) is 30.2 Å². The Labute approximate surface area is 150 Å². The summed E-state index contributed by atoms with van der Waals surface area (Å²) in [7, 11) is -1.04. The van der Waals surface area contributed by atoms with Crippen molar-refractivity contribution >= 4 is 22.7 Å². The van der Waals surface area contributed by atoms with Gasteiger partial charge in [-0.15, -0.1) is 0 Å². The van der Waals surface area contributed by atoms with E-state index in [9.17, 15) is 13.8 Å². The van der Waals surface area contributed by atoms with Gasteiger partial charge in [-0.25, -0.2) is 4.79 Å². The van der Waals surface area contributed by atoms with Gasteiger partial charge in [0.05, 0.1) is 6.61 Å². The van der Waals surface area contributed by atoms with Crippen LogP contribution in [0.2, 0.25) is 0 Å². The molecule has 1 rings (SSSR count). The fourth-order valence-corrected chi connectivity index (χ4v) is 2.74. The van der Waals surface area contributed by atoms with Crippen LogP contribution in [0, 0.1) is 0 Å². The van der Waals surface area contributed by atoms with E-state index in [1.54, 1.807) is 6.92 Å². The summed E-state index contributed by atoms with van der Waals surface area (Å²) in [5.41, 5.74) is 0.354. The van der Waals surface area contributed by atoms with Crippen molar-refractivity contribution in [3.8, 4) is 11.5 Å². The molecule has 0 aromatic heterocycles. The summed E-state index contributed by atoms with van der Waals surface area (Å²) >= 11 is 0. The van der Waals surface area contributed by atoms with E-state index in [1.807, 2.05) is 20.8 Å². The van der Waals surface area contributed by atoms with Crippen LogP contribution in [0.1, 0.15) is 38.1 Å². The highest BCUT2D eigenvalue weighted by Gasteiger charge is 2.19. The Morgan fingerprint density at radius 2 is 1.88 bits per heavy atom. The summed E-state index contributed by atoms with van der Waals surface area (Å²) in [5.74, 6) is -0.495. The molecule has 0 aliphatic heterocycles. The van der Waals surface area contributed by atoms with E-state index in [4.69, 9.17) is 14.6 Å². The van der Waals surface area contributed by atoms with Crippen LogP contribution in [0.3, 0.4) is 0 Å². The van der Waals surface area contributed by atoms with Crippen molar-refractivity contribution in [1.29, 1.82) is 0 Å². The number of benzene rings is 1. The predicted molar refractivity (Wildman–Crippen MR) is 95.8 cm³/mol. The number of carbonyl (C=O) groups is 2. The van der Waals surface area contributed by atoms with Crippen molar-refractivity contribution < 1.29 is 28.4 Å². The number of carboxylic acid groups (broad SMARTS) is 1. The van der Waals surface area contributed by atoms with Gasteiger partial charge >= 0.3 is 5.97 Å². The second kappa shape index (κ2) is 9.41. The maximum atomic E-state index is 12.2. The van der Waals surface area contributed by atoms with Gasteiger partial charge in [-0.05, 0) is 45.9 Å². The van der Waals surface area contributed by atoms with Gasteiger partial charge in [0, 0.05) is 33.4 Å². The molecule has 0 spiro atoms. The van der Waals surface area contributed by atoms with Crippen LogP contribution in [-0.4, -0.2) is 51.5 Å². The molecule has 1 amide bonds. The molecular weight excluding hydrogens is 346 g/mol. The summed E-state index contributed by atoms with van der Waals surface area (Å²) in [6.45, 7) is 7.57. The predicted octanol–water partition coefficient (Wildman–Crippen LogP) is 1.83. The number of hydrogen-bond donors (Lipinski definition) is 2. The number of rotatable bonds is 9. The van der Waals surface area contributed by atoms with Gasteiger partial charge in [-0.1, -0.05) is 0 Å². The third kappa shape index (κ3) is 7.13. The summed E-state index contributed by atoms with van der Waals surface area (Å²) in [6.07, 6.45) is 0. The van der Waals surface area contributed by atoms with Gasteiger partial charge in [0.15, 0.2) is 18.1 Å². The van der Waals surface area contributed by atoms with E-state index in [1.165, 1.54) is 18.2 Å². The molecule has 0 heterocycles. The number of hydrogen-bond acceptors (Lipinski definition) is 5. The lowest BCUT2D eigenvalue weighted by atomic mass is 10.2. The molecule has 0 fully saturated rings. The number of aliphatic carboxylic acids is 1. The van der Waals surface area contributed by atoms with Crippen molar-refractivity contribution in [3.63, 3.8) is 0 Å². The Morgan fingerprint density at radius 3 is 2.44 bits per heavy atom. The molecule has 1 aromatic carbocycles. The Balaban J connectivity index is 2.73. The average molecular weight is 371 g/mol. The fourth-order valence-electron chi connectivity index (χ4n) is 1.84. The first-order chi connectivity index (χ1) is 11.6. The number of carboxylic acids is 1. The van der Waals surface area contributed by atoms with Crippen molar-refractivity contribution in [2.75, 3.05) is 25.5 Å². The van der Waals surface area contributed by atoms with Crippen LogP contribution >= 0.6 is 0 Å². The zero-order valence-electron chi connectivity index (χ0n) is 15.0. The number of ether oxygens (including phenoxy) is 2. The highest BCUT2D eigenvalue weighted by Crippen LogP contribution is 2.28. The lowest BCUT2D eigenvalue weighted by molar-refractivity contribution is -0.139. The first-order valence-electron chi connectivity index (χ1n) is 7.93. The molecule has 8 heteroatoms. The standard InChI is InChI=1S/C17H25NO6S/c1-5-23-14-10-12(6-7-13(14)24-11-15(19)20)16(21)18-8-9-25(22)17(2,3)4/h6-7,10H,5,8-9,11H2,1-4H3,(H,18,21)(H,19,20). The lowest BCUT2D eigenvalue weighted by Crippen LogP contribution is -2.32. The molecule has 2 N–H and O–H groups in total. The molecule has 0 radical (unpaired) electrons. The second-order valence-electron chi connectivity index (χ2n) is 6.19. The van der Waals surface area contributed by atoms with Gasteiger partial charge in [0.1, 0.15) is 0 Å². The lowest BCUT2D eigenvalue weighted by Gasteiger charge is -2.17. The highest BCUT2D eigenvalue weighted by molar-refractivity contribution is 7.86. The zero-order chi connectivity index (χ0) is 19.0. The minimum atomic E-state index is -1.10. The fraction of sp³-hybridized carbons (Fsp3) is 0.529. The molecule has 140 valence electrons. The van der Waals surface area contributed by atoms with Gasteiger partial charge in [0.2, 0.25) is 0 Å².